The monoisotopic (exact) mass is 265 g/mol. The highest BCUT2D eigenvalue weighted by molar-refractivity contribution is 5.29. The van der Waals surface area contributed by atoms with Crippen LogP contribution in [-0.2, 0) is 12.0 Å². The minimum absolute atomic E-state index is 0.0834. The summed E-state index contributed by atoms with van der Waals surface area (Å²) in [7, 11) is 0. The van der Waals surface area contributed by atoms with Crippen molar-refractivity contribution in [3.8, 4) is 0 Å². The molecule has 1 nitrogen and oxygen atoms in total. The highest BCUT2D eigenvalue weighted by Crippen LogP contribution is 2.25. The van der Waals surface area contributed by atoms with E-state index in [1.54, 1.807) is 13.0 Å². The molecule has 4 heteroatoms. The molecule has 0 spiro atoms. The molecule has 1 atom stereocenters. The Bertz CT molecular complexity index is 594. The van der Waals surface area contributed by atoms with Gasteiger partial charge in [-0.25, -0.2) is 13.2 Å². The van der Waals surface area contributed by atoms with Gasteiger partial charge in [-0.1, -0.05) is 12.1 Å². The minimum atomic E-state index is -0.975. The third-order valence-corrected chi connectivity index (χ3v) is 3.05. The van der Waals surface area contributed by atoms with E-state index < -0.39 is 23.0 Å². The van der Waals surface area contributed by atoms with E-state index in [9.17, 15) is 13.2 Å². The van der Waals surface area contributed by atoms with E-state index in [1.807, 2.05) is 0 Å². The van der Waals surface area contributed by atoms with E-state index in [0.717, 1.165) is 18.2 Å². The van der Waals surface area contributed by atoms with Crippen molar-refractivity contribution in [3.63, 3.8) is 0 Å². The Balaban J connectivity index is 2.33. The van der Waals surface area contributed by atoms with Crippen LogP contribution in [0.2, 0.25) is 0 Å². The number of halogens is 3. The average Bonchev–Trinajstić information content (AvgIpc) is 2.33. The molecule has 0 saturated carbocycles. The van der Waals surface area contributed by atoms with E-state index >= 15 is 0 Å². The highest BCUT2D eigenvalue weighted by Gasteiger charge is 2.24. The summed E-state index contributed by atoms with van der Waals surface area (Å²) < 4.78 is 39.9. The lowest BCUT2D eigenvalue weighted by Gasteiger charge is -2.25. The number of nitrogens with two attached hydrogens (primary N) is 1. The number of benzene rings is 2. The molecule has 0 radical (unpaired) electrons. The summed E-state index contributed by atoms with van der Waals surface area (Å²) in [5.41, 5.74) is 5.84. The van der Waals surface area contributed by atoms with E-state index in [2.05, 4.69) is 0 Å². The van der Waals surface area contributed by atoms with Crippen molar-refractivity contribution in [2.45, 2.75) is 18.9 Å². The summed E-state index contributed by atoms with van der Waals surface area (Å²) in [5, 5.41) is 0. The lowest BCUT2D eigenvalue weighted by molar-refractivity contribution is 0.468. The largest absolute Gasteiger partial charge is 0.321 e. The topological polar surface area (TPSA) is 26.0 Å². The van der Waals surface area contributed by atoms with E-state index in [-0.39, 0.29) is 12.0 Å². The second-order valence-electron chi connectivity index (χ2n) is 4.84. The van der Waals surface area contributed by atoms with Crippen LogP contribution in [0.3, 0.4) is 0 Å². The minimum Gasteiger partial charge on any atom is -0.321 e. The molecule has 2 rings (SSSR count). The van der Waals surface area contributed by atoms with Gasteiger partial charge in [0.1, 0.15) is 17.5 Å². The zero-order valence-corrected chi connectivity index (χ0v) is 10.5. The fraction of sp³-hybridized carbons (Fsp3) is 0.200. The molecule has 0 bridgehead atoms. The van der Waals surface area contributed by atoms with Crippen LogP contribution < -0.4 is 5.73 Å². The fourth-order valence-corrected chi connectivity index (χ4v) is 2.02. The Morgan fingerprint density at radius 1 is 1.00 bits per heavy atom. The van der Waals surface area contributed by atoms with Crippen LogP contribution in [0, 0.1) is 17.5 Å². The molecule has 0 aliphatic heterocycles. The zero-order valence-electron chi connectivity index (χ0n) is 10.5. The molecule has 19 heavy (non-hydrogen) atoms. The molecule has 0 aromatic heterocycles. The van der Waals surface area contributed by atoms with Crippen molar-refractivity contribution >= 4 is 0 Å². The highest BCUT2D eigenvalue weighted by atomic mass is 19.1. The molecule has 2 aromatic rings. The van der Waals surface area contributed by atoms with Gasteiger partial charge >= 0.3 is 0 Å². The van der Waals surface area contributed by atoms with E-state index in [4.69, 9.17) is 5.73 Å². The van der Waals surface area contributed by atoms with Crippen molar-refractivity contribution in [2.75, 3.05) is 0 Å². The normalized spacial score (nSPS) is 14.2. The average molecular weight is 265 g/mol. The molecular formula is C15H14F3N. The maximum absolute atomic E-state index is 13.6. The van der Waals surface area contributed by atoms with Gasteiger partial charge in [0.2, 0.25) is 0 Å². The standard InChI is InChI=1S/C15H14F3N/c1-15(19,11-3-2-4-12(16)8-11)9-10-7-13(17)5-6-14(10)18/h2-8H,9,19H2,1H3. The van der Waals surface area contributed by atoms with Crippen LogP contribution in [0.15, 0.2) is 42.5 Å². The lowest BCUT2D eigenvalue weighted by Crippen LogP contribution is -2.35. The van der Waals surface area contributed by atoms with Gasteiger partial charge < -0.3 is 5.73 Å². The summed E-state index contributed by atoms with van der Waals surface area (Å²) in [4.78, 5) is 0. The predicted molar refractivity (Wildman–Crippen MR) is 68.0 cm³/mol. The Hall–Kier alpha value is -1.81. The Morgan fingerprint density at radius 3 is 2.37 bits per heavy atom. The van der Waals surface area contributed by atoms with E-state index in [0.29, 0.717) is 5.56 Å². The summed E-state index contributed by atoms with van der Waals surface area (Å²) >= 11 is 0. The second kappa shape index (κ2) is 5.05. The number of hydrogen-bond acceptors (Lipinski definition) is 1. The lowest BCUT2D eigenvalue weighted by atomic mass is 9.86. The Labute approximate surface area is 109 Å². The molecule has 0 aliphatic rings. The van der Waals surface area contributed by atoms with Gasteiger partial charge in [0, 0.05) is 5.54 Å². The SMILES string of the molecule is CC(N)(Cc1cc(F)ccc1F)c1cccc(F)c1. The van der Waals surface area contributed by atoms with Crippen molar-refractivity contribution < 1.29 is 13.2 Å². The first-order valence-corrected chi connectivity index (χ1v) is 5.87. The molecule has 100 valence electrons. The summed E-state index contributed by atoms with van der Waals surface area (Å²) in [5.74, 6) is -1.45. The number of rotatable bonds is 3. The second-order valence-corrected chi connectivity index (χ2v) is 4.84. The van der Waals surface area contributed by atoms with Crippen molar-refractivity contribution in [1.82, 2.24) is 0 Å². The van der Waals surface area contributed by atoms with Crippen LogP contribution in [0.5, 0.6) is 0 Å². The smallest absolute Gasteiger partial charge is 0.126 e. The number of hydrogen-bond donors (Lipinski definition) is 1. The molecule has 0 heterocycles. The van der Waals surface area contributed by atoms with Gasteiger partial charge in [-0.05, 0) is 54.8 Å². The first kappa shape index (κ1) is 13.6. The summed E-state index contributed by atoms with van der Waals surface area (Å²) in [6, 6.07) is 9.04. The van der Waals surface area contributed by atoms with Crippen LogP contribution in [-0.4, -0.2) is 0 Å². The van der Waals surface area contributed by atoms with Gasteiger partial charge in [0.05, 0.1) is 0 Å². The fourth-order valence-electron chi connectivity index (χ4n) is 2.02. The molecule has 0 aliphatic carbocycles. The van der Waals surface area contributed by atoms with Crippen molar-refractivity contribution in [1.29, 1.82) is 0 Å². The summed E-state index contributed by atoms with van der Waals surface area (Å²) in [6.07, 6.45) is 0.0834. The molecule has 1 unspecified atom stereocenters. The van der Waals surface area contributed by atoms with Crippen LogP contribution in [0.1, 0.15) is 18.1 Å². The third kappa shape index (κ3) is 3.15. The molecule has 2 aromatic carbocycles. The van der Waals surface area contributed by atoms with Gasteiger partial charge in [-0.3, -0.25) is 0 Å². The van der Waals surface area contributed by atoms with Crippen LogP contribution in [0.4, 0.5) is 13.2 Å². The van der Waals surface area contributed by atoms with E-state index in [1.165, 1.54) is 18.2 Å². The van der Waals surface area contributed by atoms with Gasteiger partial charge in [0.15, 0.2) is 0 Å². The maximum Gasteiger partial charge on any atom is 0.126 e. The first-order valence-electron chi connectivity index (χ1n) is 5.87. The molecule has 2 N–H and O–H groups in total. The third-order valence-electron chi connectivity index (χ3n) is 3.05. The zero-order chi connectivity index (χ0) is 14.0. The predicted octanol–water partition coefficient (Wildman–Crippen LogP) is 3.52. The molecule has 0 saturated heterocycles. The van der Waals surface area contributed by atoms with Gasteiger partial charge in [-0.2, -0.15) is 0 Å². The molecule has 0 fully saturated rings. The van der Waals surface area contributed by atoms with Crippen molar-refractivity contribution in [2.24, 2.45) is 5.73 Å². The van der Waals surface area contributed by atoms with Gasteiger partial charge in [0.25, 0.3) is 0 Å². The Kier molecular flexibility index (Phi) is 3.62. The summed E-state index contributed by atoms with van der Waals surface area (Å²) in [6.45, 7) is 1.66. The first-order chi connectivity index (χ1) is 8.88. The van der Waals surface area contributed by atoms with Gasteiger partial charge in [-0.15, -0.1) is 0 Å². The van der Waals surface area contributed by atoms with Crippen LogP contribution >= 0.6 is 0 Å². The molecular weight excluding hydrogens is 251 g/mol. The maximum atomic E-state index is 13.6. The van der Waals surface area contributed by atoms with Crippen LogP contribution in [0.25, 0.3) is 0 Å². The Morgan fingerprint density at radius 2 is 1.68 bits per heavy atom. The molecule has 0 amide bonds. The van der Waals surface area contributed by atoms with Crippen molar-refractivity contribution in [3.05, 3.63) is 71.0 Å². The quantitative estimate of drug-likeness (QED) is 0.902.